The monoisotopic (exact) mass is 467 g/mol. The molecular weight excluding hydrogens is 442 g/mol. The van der Waals surface area contributed by atoms with Crippen LogP contribution >= 0.6 is 0 Å². The molecule has 0 fully saturated rings. The van der Waals surface area contributed by atoms with Crippen molar-refractivity contribution in [2.75, 3.05) is 25.1 Å². The first-order valence-electron chi connectivity index (χ1n) is 10.0. The topological polar surface area (TPSA) is 97.3 Å². The summed E-state index contributed by atoms with van der Waals surface area (Å²) in [5.41, 5.74) is 4.31. The largest absolute Gasteiger partial charge is 0.497 e. The Bertz CT molecular complexity index is 1230. The van der Waals surface area contributed by atoms with E-state index in [1.54, 1.807) is 60.7 Å². The molecule has 0 aliphatic heterocycles. The lowest BCUT2D eigenvalue weighted by atomic mass is 10.2. The molecule has 0 saturated carbocycles. The summed E-state index contributed by atoms with van der Waals surface area (Å²) in [6.45, 7) is 1.45. The molecule has 0 saturated heterocycles. The number of nitrogens with one attached hydrogen (secondary N) is 1. The highest BCUT2D eigenvalue weighted by Gasteiger charge is 2.27. The number of hydrogen-bond acceptors (Lipinski definition) is 6. The molecule has 0 heterocycles. The minimum atomic E-state index is -3.97. The summed E-state index contributed by atoms with van der Waals surface area (Å²) in [6, 6.07) is 20.0. The Hall–Kier alpha value is -3.85. The molecular formula is C24H25N3O5S. The highest BCUT2D eigenvalue weighted by Crippen LogP contribution is 2.24. The summed E-state index contributed by atoms with van der Waals surface area (Å²) in [7, 11) is -0.916. The maximum absolute atomic E-state index is 13.3. The third-order valence-corrected chi connectivity index (χ3v) is 6.56. The van der Waals surface area contributed by atoms with Gasteiger partial charge < -0.3 is 9.47 Å². The van der Waals surface area contributed by atoms with Gasteiger partial charge in [0.1, 0.15) is 18.0 Å². The lowest BCUT2D eigenvalue weighted by Gasteiger charge is -2.23. The summed E-state index contributed by atoms with van der Waals surface area (Å²) in [5, 5.41) is 3.96. The van der Waals surface area contributed by atoms with Crippen LogP contribution in [0.5, 0.6) is 11.5 Å². The Morgan fingerprint density at radius 3 is 2.33 bits per heavy atom. The Kier molecular flexibility index (Phi) is 7.68. The Morgan fingerprint density at radius 2 is 1.70 bits per heavy atom. The van der Waals surface area contributed by atoms with E-state index in [0.29, 0.717) is 22.7 Å². The van der Waals surface area contributed by atoms with Crippen molar-refractivity contribution in [3.8, 4) is 11.5 Å². The van der Waals surface area contributed by atoms with Crippen molar-refractivity contribution in [3.05, 3.63) is 83.9 Å². The molecule has 8 nitrogen and oxygen atoms in total. The lowest BCUT2D eigenvalue weighted by Crippen LogP contribution is -2.39. The summed E-state index contributed by atoms with van der Waals surface area (Å²) in [5.74, 6) is 0.540. The Balaban J connectivity index is 1.83. The average Bonchev–Trinajstić information content (AvgIpc) is 2.83. The van der Waals surface area contributed by atoms with Crippen LogP contribution < -0.4 is 19.2 Å². The number of carbonyl (C=O) groups is 1. The number of sulfonamides is 1. The number of anilines is 1. The van der Waals surface area contributed by atoms with Crippen LogP contribution in [0.2, 0.25) is 0 Å². The lowest BCUT2D eigenvalue weighted by molar-refractivity contribution is -0.119. The predicted molar refractivity (Wildman–Crippen MR) is 127 cm³/mol. The number of ether oxygens (including phenoxy) is 2. The second kappa shape index (κ2) is 10.6. The van der Waals surface area contributed by atoms with Crippen molar-refractivity contribution in [1.29, 1.82) is 0 Å². The number of amides is 1. The molecule has 3 aromatic rings. The number of methoxy groups -OCH3 is 2. The van der Waals surface area contributed by atoms with E-state index in [4.69, 9.17) is 9.47 Å². The van der Waals surface area contributed by atoms with Gasteiger partial charge in [0.05, 0.1) is 31.0 Å². The third kappa shape index (κ3) is 5.89. The van der Waals surface area contributed by atoms with Gasteiger partial charge in [-0.15, -0.1) is 0 Å². The van der Waals surface area contributed by atoms with E-state index in [0.717, 1.165) is 9.87 Å². The molecule has 0 aliphatic rings. The quantitative estimate of drug-likeness (QED) is 0.384. The van der Waals surface area contributed by atoms with Crippen LogP contribution in [0, 0.1) is 6.92 Å². The molecule has 0 spiro atoms. The molecule has 1 amide bonds. The third-order valence-electron chi connectivity index (χ3n) is 4.77. The van der Waals surface area contributed by atoms with Crippen molar-refractivity contribution in [3.63, 3.8) is 0 Å². The van der Waals surface area contributed by atoms with Crippen molar-refractivity contribution < 1.29 is 22.7 Å². The number of rotatable bonds is 9. The van der Waals surface area contributed by atoms with E-state index in [2.05, 4.69) is 10.5 Å². The number of benzene rings is 3. The van der Waals surface area contributed by atoms with Crippen LogP contribution in [0.3, 0.4) is 0 Å². The molecule has 9 heteroatoms. The summed E-state index contributed by atoms with van der Waals surface area (Å²) in [6.07, 6.45) is 1.40. The standard InChI is InChI=1S/C24H25N3O5S/c1-18-9-11-20(12-10-18)27(33(29,30)22-7-5-4-6-8-22)17-24(28)26-25-16-19-15-21(31-2)13-14-23(19)32-3/h4-16H,17H2,1-3H3,(H,26,28)/b25-16+. The minimum Gasteiger partial charge on any atom is -0.497 e. The van der Waals surface area contributed by atoms with Crippen LogP contribution in [0.15, 0.2) is 82.8 Å². The number of aryl methyl sites for hydroxylation is 1. The van der Waals surface area contributed by atoms with Crippen LogP contribution in [-0.2, 0) is 14.8 Å². The predicted octanol–water partition coefficient (Wildman–Crippen LogP) is 3.36. The molecule has 0 unspecified atom stereocenters. The normalized spacial score (nSPS) is 11.2. The van der Waals surface area contributed by atoms with Gasteiger partial charge in [0.2, 0.25) is 0 Å². The fourth-order valence-electron chi connectivity index (χ4n) is 3.03. The second-order valence-electron chi connectivity index (χ2n) is 7.06. The first-order chi connectivity index (χ1) is 15.8. The van der Waals surface area contributed by atoms with E-state index < -0.39 is 22.5 Å². The molecule has 0 bridgehead atoms. The average molecular weight is 468 g/mol. The maximum atomic E-state index is 13.3. The van der Waals surface area contributed by atoms with E-state index in [9.17, 15) is 13.2 Å². The molecule has 172 valence electrons. The fraction of sp³-hybridized carbons (Fsp3) is 0.167. The fourth-order valence-corrected chi connectivity index (χ4v) is 4.47. The number of hydrazone groups is 1. The summed E-state index contributed by atoms with van der Waals surface area (Å²) < 4.78 is 38.1. The van der Waals surface area contributed by atoms with Crippen molar-refractivity contribution >= 4 is 27.8 Å². The number of carbonyl (C=O) groups excluding carboxylic acids is 1. The molecule has 0 radical (unpaired) electrons. The zero-order chi connectivity index (χ0) is 23.8. The molecule has 1 N–H and O–H groups in total. The maximum Gasteiger partial charge on any atom is 0.264 e. The molecule has 0 aliphatic carbocycles. The molecule has 0 atom stereocenters. The van der Waals surface area contributed by atoms with Crippen molar-refractivity contribution in [1.82, 2.24) is 5.43 Å². The van der Waals surface area contributed by atoms with Gasteiger partial charge >= 0.3 is 0 Å². The minimum absolute atomic E-state index is 0.0861. The first kappa shape index (κ1) is 23.8. The molecule has 3 aromatic carbocycles. The van der Waals surface area contributed by atoms with E-state index in [1.165, 1.54) is 32.6 Å². The van der Waals surface area contributed by atoms with Gasteiger partial charge in [0.25, 0.3) is 15.9 Å². The summed E-state index contributed by atoms with van der Waals surface area (Å²) in [4.78, 5) is 12.7. The van der Waals surface area contributed by atoms with Gasteiger partial charge in [0, 0.05) is 5.56 Å². The smallest absolute Gasteiger partial charge is 0.264 e. The van der Waals surface area contributed by atoms with Crippen molar-refractivity contribution in [2.24, 2.45) is 5.10 Å². The Morgan fingerprint density at radius 1 is 1.00 bits per heavy atom. The van der Waals surface area contributed by atoms with E-state index in [1.807, 2.05) is 6.92 Å². The SMILES string of the molecule is COc1ccc(OC)c(/C=N/NC(=O)CN(c2ccc(C)cc2)S(=O)(=O)c2ccccc2)c1. The highest BCUT2D eigenvalue weighted by molar-refractivity contribution is 7.92. The molecule has 3 rings (SSSR count). The van der Waals surface area contributed by atoms with E-state index >= 15 is 0 Å². The van der Waals surface area contributed by atoms with Gasteiger partial charge in [-0.2, -0.15) is 5.10 Å². The zero-order valence-corrected chi connectivity index (χ0v) is 19.4. The Labute approximate surface area is 193 Å². The van der Waals surface area contributed by atoms with Crippen molar-refractivity contribution in [2.45, 2.75) is 11.8 Å². The van der Waals surface area contributed by atoms with E-state index in [-0.39, 0.29) is 4.90 Å². The highest BCUT2D eigenvalue weighted by atomic mass is 32.2. The molecule has 0 aromatic heterocycles. The zero-order valence-electron chi connectivity index (χ0n) is 18.6. The van der Waals surface area contributed by atoms with Crippen LogP contribution in [0.25, 0.3) is 0 Å². The first-order valence-corrected chi connectivity index (χ1v) is 11.5. The van der Waals surface area contributed by atoms with Gasteiger partial charge in [0.15, 0.2) is 0 Å². The summed E-state index contributed by atoms with van der Waals surface area (Å²) >= 11 is 0. The number of nitrogens with zero attached hydrogens (tertiary/aromatic N) is 2. The van der Waals surface area contributed by atoms with Gasteiger partial charge in [-0.1, -0.05) is 35.9 Å². The molecule has 33 heavy (non-hydrogen) atoms. The van der Waals surface area contributed by atoms with Gasteiger partial charge in [-0.05, 0) is 49.4 Å². The van der Waals surface area contributed by atoms with Gasteiger partial charge in [-0.25, -0.2) is 13.8 Å². The van der Waals surface area contributed by atoms with Crippen LogP contribution in [-0.4, -0.2) is 41.3 Å². The number of hydrogen-bond donors (Lipinski definition) is 1. The second-order valence-corrected chi connectivity index (χ2v) is 8.92. The van der Waals surface area contributed by atoms with Crippen LogP contribution in [0.4, 0.5) is 5.69 Å². The van der Waals surface area contributed by atoms with Crippen LogP contribution in [0.1, 0.15) is 11.1 Å². The van der Waals surface area contributed by atoms with Gasteiger partial charge in [-0.3, -0.25) is 9.10 Å².